The van der Waals surface area contributed by atoms with Gasteiger partial charge in [0.1, 0.15) is 18.7 Å². The Morgan fingerprint density at radius 3 is 2.58 bits per heavy atom. The number of hydrogen-bond donors (Lipinski definition) is 2. The number of ether oxygens (including phenoxy) is 2. The van der Waals surface area contributed by atoms with Crippen LogP contribution in [-0.2, 0) is 9.30 Å². The van der Waals surface area contributed by atoms with Crippen LogP contribution in [0.4, 0.5) is 28.8 Å². The van der Waals surface area contributed by atoms with Gasteiger partial charge < -0.3 is 29.6 Å². The Bertz CT molecular complexity index is 1180. The van der Waals surface area contributed by atoms with Crippen molar-refractivity contribution >= 4 is 57.2 Å². The molecule has 0 unspecified atom stereocenters. The van der Waals surface area contributed by atoms with Crippen molar-refractivity contribution in [3.8, 4) is 5.75 Å². The zero-order valence-electron chi connectivity index (χ0n) is 18.8. The molecular weight excluding hydrogens is 505 g/mol. The van der Waals surface area contributed by atoms with Gasteiger partial charge in [0.25, 0.3) is 0 Å². The largest absolute Gasteiger partial charge is 0.494 e. The van der Waals surface area contributed by atoms with Gasteiger partial charge in [0, 0.05) is 36.3 Å². The number of hydrogen-bond acceptors (Lipinski definition) is 8. The molecule has 0 spiro atoms. The van der Waals surface area contributed by atoms with Gasteiger partial charge in [-0.2, -0.15) is 4.98 Å². The van der Waals surface area contributed by atoms with Crippen LogP contribution in [0.25, 0.3) is 0 Å². The Labute approximate surface area is 202 Å². The van der Waals surface area contributed by atoms with Crippen LogP contribution in [0.3, 0.4) is 0 Å². The second-order valence-electron chi connectivity index (χ2n) is 7.99. The molecule has 1 aromatic heterocycles. The second kappa shape index (κ2) is 10.1. The van der Waals surface area contributed by atoms with E-state index in [1.807, 2.05) is 42.5 Å². The van der Waals surface area contributed by atoms with Gasteiger partial charge >= 0.3 is 0 Å². The quantitative estimate of drug-likeness (QED) is 0.419. The summed E-state index contributed by atoms with van der Waals surface area (Å²) >= 11 is 3.51. The predicted octanol–water partition coefficient (Wildman–Crippen LogP) is 4.82. The molecule has 2 heterocycles. The van der Waals surface area contributed by atoms with E-state index in [2.05, 4.69) is 41.4 Å². The van der Waals surface area contributed by atoms with Crippen molar-refractivity contribution in [1.29, 1.82) is 0 Å². The van der Waals surface area contributed by atoms with Crippen molar-refractivity contribution in [3.05, 3.63) is 53.1 Å². The maximum absolute atomic E-state index is 12.7. The Balaban J connectivity index is 1.58. The van der Waals surface area contributed by atoms with Crippen molar-refractivity contribution < 1.29 is 14.0 Å². The minimum Gasteiger partial charge on any atom is -0.494 e. The van der Waals surface area contributed by atoms with Gasteiger partial charge in [0.15, 0.2) is 0 Å². The lowest BCUT2D eigenvalue weighted by atomic mass is 10.2. The SMILES string of the molecule is COc1cc(N2CCOCC2)ccc1Nc1ncc(Br)c(Nc2ccccc2P(C)(C)=O)n1. The average molecular weight is 532 g/mol. The maximum Gasteiger partial charge on any atom is 0.229 e. The number of nitrogens with one attached hydrogen (secondary N) is 2. The lowest BCUT2D eigenvalue weighted by Gasteiger charge is -2.29. The third kappa shape index (κ3) is 5.66. The number of morpholine rings is 1. The van der Waals surface area contributed by atoms with Crippen LogP contribution in [0.5, 0.6) is 5.75 Å². The smallest absolute Gasteiger partial charge is 0.229 e. The van der Waals surface area contributed by atoms with Crippen LogP contribution in [0.1, 0.15) is 0 Å². The number of anilines is 5. The monoisotopic (exact) mass is 531 g/mol. The molecule has 2 aromatic carbocycles. The topological polar surface area (TPSA) is 88.6 Å². The lowest BCUT2D eigenvalue weighted by Crippen LogP contribution is -2.36. The first-order valence-corrected chi connectivity index (χ1v) is 14.0. The highest BCUT2D eigenvalue weighted by Gasteiger charge is 2.18. The molecule has 4 rings (SSSR count). The first kappa shape index (κ1) is 23.5. The number of aromatic nitrogens is 2. The number of benzene rings is 2. The minimum absolute atomic E-state index is 0.409. The van der Waals surface area contributed by atoms with Crippen LogP contribution < -0.4 is 25.6 Å². The highest BCUT2D eigenvalue weighted by Crippen LogP contribution is 2.39. The molecule has 0 aliphatic carbocycles. The molecule has 10 heteroatoms. The molecule has 174 valence electrons. The zero-order valence-corrected chi connectivity index (χ0v) is 21.3. The lowest BCUT2D eigenvalue weighted by molar-refractivity contribution is 0.122. The number of methoxy groups -OCH3 is 1. The summed E-state index contributed by atoms with van der Waals surface area (Å²) in [6.45, 7) is 6.65. The molecule has 0 saturated carbocycles. The first-order chi connectivity index (χ1) is 15.8. The van der Waals surface area contributed by atoms with Gasteiger partial charge in [-0.3, -0.25) is 0 Å². The highest BCUT2D eigenvalue weighted by atomic mass is 79.9. The van der Waals surface area contributed by atoms with Gasteiger partial charge in [0.05, 0.1) is 36.2 Å². The van der Waals surface area contributed by atoms with Crippen molar-refractivity contribution in [2.75, 3.05) is 62.3 Å². The van der Waals surface area contributed by atoms with Crippen molar-refractivity contribution in [2.45, 2.75) is 0 Å². The third-order valence-electron chi connectivity index (χ3n) is 5.29. The van der Waals surface area contributed by atoms with E-state index in [0.717, 1.165) is 48.7 Å². The number of halogens is 1. The van der Waals surface area contributed by atoms with E-state index in [-0.39, 0.29) is 0 Å². The minimum atomic E-state index is -2.47. The first-order valence-electron chi connectivity index (χ1n) is 10.6. The molecule has 1 saturated heterocycles. The molecule has 0 radical (unpaired) electrons. The fourth-order valence-electron chi connectivity index (χ4n) is 3.61. The molecule has 0 atom stereocenters. The molecule has 0 amide bonds. The number of nitrogens with zero attached hydrogens (tertiary/aromatic N) is 3. The molecule has 3 aromatic rings. The standard InChI is InChI=1S/C23H27BrN5O3P/c1-31-20-14-16(29-10-12-32-13-11-29)8-9-18(20)27-23-25-15-17(24)22(28-23)26-19-6-4-5-7-21(19)33(2,3)30/h4-9,14-15H,10-13H2,1-3H3,(H2,25,26,27,28). The maximum atomic E-state index is 12.7. The van der Waals surface area contributed by atoms with Crippen LogP contribution >= 0.6 is 23.1 Å². The predicted molar refractivity (Wildman–Crippen MR) is 138 cm³/mol. The molecule has 2 N–H and O–H groups in total. The zero-order chi connectivity index (χ0) is 23.4. The summed E-state index contributed by atoms with van der Waals surface area (Å²) in [5.74, 6) is 1.67. The Morgan fingerprint density at radius 2 is 1.85 bits per heavy atom. The van der Waals surface area contributed by atoms with Gasteiger partial charge in [0.2, 0.25) is 5.95 Å². The van der Waals surface area contributed by atoms with Crippen molar-refractivity contribution in [1.82, 2.24) is 9.97 Å². The molecule has 0 bridgehead atoms. The van der Waals surface area contributed by atoms with E-state index in [0.29, 0.717) is 22.0 Å². The normalized spacial score (nSPS) is 14.1. The summed E-state index contributed by atoms with van der Waals surface area (Å²) in [6, 6.07) is 13.6. The molecule has 8 nitrogen and oxygen atoms in total. The third-order valence-corrected chi connectivity index (χ3v) is 7.42. The average Bonchev–Trinajstić information content (AvgIpc) is 2.81. The fraction of sp³-hybridized carbons (Fsp3) is 0.304. The van der Waals surface area contributed by atoms with Crippen LogP contribution in [0, 0.1) is 0 Å². The summed E-state index contributed by atoms with van der Waals surface area (Å²) in [5, 5.41) is 7.31. The summed E-state index contributed by atoms with van der Waals surface area (Å²) < 4.78 is 24.5. The van der Waals surface area contributed by atoms with Gasteiger partial charge in [-0.05, 0) is 53.5 Å². The summed E-state index contributed by atoms with van der Waals surface area (Å²) in [6.07, 6.45) is 1.67. The van der Waals surface area contributed by atoms with E-state index in [9.17, 15) is 4.57 Å². The van der Waals surface area contributed by atoms with E-state index in [1.54, 1.807) is 26.6 Å². The molecule has 1 fully saturated rings. The number of rotatable bonds is 7. The van der Waals surface area contributed by atoms with Crippen molar-refractivity contribution in [3.63, 3.8) is 0 Å². The van der Waals surface area contributed by atoms with Gasteiger partial charge in [-0.1, -0.05) is 12.1 Å². The highest BCUT2D eigenvalue weighted by molar-refractivity contribution is 9.10. The Morgan fingerprint density at radius 1 is 1.09 bits per heavy atom. The van der Waals surface area contributed by atoms with E-state index < -0.39 is 7.14 Å². The van der Waals surface area contributed by atoms with Gasteiger partial charge in [-0.25, -0.2) is 4.98 Å². The molecule has 33 heavy (non-hydrogen) atoms. The summed E-state index contributed by atoms with van der Waals surface area (Å²) in [4.78, 5) is 11.3. The van der Waals surface area contributed by atoms with Gasteiger partial charge in [-0.15, -0.1) is 0 Å². The summed E-state index contributed by atoms with van der Waals surface area (Å²) in [7, 11) is -0.824. The Hall–Kier alpha value is -2.61. The fourth-order valence-corrected chi connectivity index (χ4v) is 5.06. The molecule has 1 aliphatic heterocycles. The molecule has 1 aliphatic rings. The van der Waals surface area contributed by atoms with E-state index in [4.69, 9.17) is 9.47 Å². The summed E-state index contributed by atoms with van der Waals surface area (Å²) in [5.41, 5.74) is 2.60. The van der Waals surface area contributed by atoms with E-state index in [1.165, 1.54) is 0 Å². The Kier molecular flexibility index (Phi) is 7.22. The van der Waals surface area contributed by atoms with Crippen LogP contribution in [0.2, 0.25) is 0 Å². The van der Waals surface area contributed by atoms with Crippen LogP contribution in [0.15, 0.2) is 53.1 Å². The molecular formula is C23H27BrN5O3P. The van der Waals surface area contributed by atoms with Crippen molar-refractivity contribution in [2.24, 2.45) is 0 Å². The number of para-hydroxylation sites is 1. The second-order valence-corrected chi connectivity index (χ2v) is 12.0. The van der Waals surface area contributed by atoms with Crippen LogP contribution in [-0.4, -0.2) is 56.7 Å². The van der Waals surface area contributed by atoms with E-state index >= 15 is 0 Å².